The third-order valence-corrected chi connectivity index (χ3v) is 6.71. The molecule has 0 N–H and O–H groups in total. The molecule has 6 rings (SSSR count). The normalized spacial score (nSPS) is 23.8. The van der Waals surface area contributed by atoms with Gasteiger partial charge in [-0.25, -0.2) is 0 Å². The maximum Gasteiger partial charge on any atom is 0.120 e. The predicted molar refractivity (Wildman–Crippen MR) is 104 cm³/mol. The maximum atomic E-state index is 6.19. The van der Waals surface area contributed by atoms with E-state index >= 15 is 0 Å². The zero-order valence-electron chi connectivity index (χ0n) is 15.0. The van der Waals surface area contributed by atoms with Crippen molar-refractivity contribution in [3.05, 3.63) is 66.4 Å². The fourth-order valence-corrected chi connectivity index (χ4v) is 5.38. The van der Waals surface area contributed by atoms with E-state index < -0.39 is 0 Å². The molecule has 2 aliphatic rings. The third kappa shape index (κ3) is 2.52. The van der Waals surface area contributed by atoms with Crippen LogP contribution in [0.15, 0.2) is 59.1 Å². The minimum Gasteiger partial charge on any atom is -0.501 e. The molecule has 0 atom stereocenters. The molecule has 0 unspecified atom stereocenters. The Bertz CT molecular complexity index is 1140. The van der Waals surface area contributed by atoms with Gasteiger partial charge in [0, 0.05) is 31.7 Å². The zero-order valence-corrected chi connectivity index (χ0v) is 17.4. The summed E-state index contributed by atoms with van der Waals surface area (Å²) in [5.74, 6) is 0.942. The summed E-state index contributed by atoms with van der Waals surface area (Å²) in [4.78, 5) is 4.69. The minimum absolute atomic E-state index is 0. The summed E-state index contributed by atoms with van der Waals surface area (Å²) in [6.45, 7) is 0. The average molecular weight is 531 g/mol. The van der Waals surface area contributed by atoms with E-state index in [1.807, 2.05) is 24.4 Å². The van der Waals surface area contributed by atoms with Crippen LogP contribution in [0.25, 0.3) is 33.2 Å². The van der Waals surface area contributed by atoms with E-state index in [1.165, 1.54) is 37.7 Å². The number of para-hydroxylation sites is 1. The van der Waals surface area contributed by atoms with E-state index in [9.17, 15) is 0 Å². The molecule has 0 aliphatic heterocycles. The molecule has 27 heavy (non-hydrogen) atoms. The van der Waals surface area contributed by atoms with Gasteiger partial charge in [-0.2, -0.15) is 0 Å². The number of nitrogens with zero attached hydrogens (tertiary/aromatic N) is 1. The van der Waals surface area contributed by atoms with Gasteiger partial charge in [0.15, 0.2) is 0 Å². The monoisotopic (exact) mass is 531 g/mol. The van der Waals surface area contributed by atoms with E-state index in [1.54, 1.807) is 0 Å². The molecule has 2 aromatic carbocycles. The van der Waals surface area contributed by atoms with Crippen molar-refractivity contribution in [1.29, 1.82) is 0 Å². The summed E-state index contributed by atoms with van der Waals surface area (Å²) in [6, 6.07) is 20.2. The Morgan fingerprint density at radius 1 is 1.04 bits per heavy atom. The predicted octanol–water partition coefficient (Wildman–Crippen LogP) is 6.28. The molecular formula is C24H20IrNO-. The largest absolute Gasteiger partial charge is 0.501 e. The zero-order chi connectivity index (χ0) is 17.1. The second-order valence-electron chi connectivity index (χ2n) is 8.05. The van der Waals surface area contributed by atoms with Gasteiger partial charge in [0.1, 0.15) is 5.58 Å². The SMILES string of the molecule is [Ir].[c-]1ccc2c(oc3ccccc32)c1-c1cc(C23CCC(CC2)C3)ccn1. The molecule has 137 valence electrons. The van der Waals surface area contributed by atoms with Gasteiger partial charge in [-0.1, -0.05) is 35.2 Å². The van der Waals surface area contributed by atoms with Crippen LogP contribution in [-0.4, -0.2) is 4.98 Å². The number of rotatable bonds is 2. The number of benzene rings is 2. The van der Waals surface area contributed by atoms with Crippen LogP contribution in [0, 0.1) is 12.0 Å². The maximum absolute atomic E-state index is 6.19. The Morgan fingerprint density at radius 3 is 2.70 bits per heavy atom. The summed E-state index contributed by atoms with van der Waals surface area (Å²) in [5.41, 5.74) is 5.63. The van der Waals surface area contributed by atoms with Crippen LogP contribution in [0.2, 0.25) is 0 Å². The molecule has 3 heteroatoms. The summed E-state index contributed by atoms with van der Waals surface area (Å²) < 4.78 is 6.19. The van der Waals surface area contributed by atoms with Crippen LogP contribution in [0.4, 0.5) is 0 Å². The van der Waals surface area contributed by atoms with Crippen molar-refractivity contribution >= 4 is 21.9 Å². The van der Waals surface area contributed by atoms with Crippen LogP contribution >= 0.6 is 0 Å². The molecule has 1 radical (unpaired) electrons. The molecular weight excluding hydrogens is 510 g/mol. The van der Waals surface area contributed by atoms with Crippen LogP contribution in [0.5, 0.6) is 0 Å². The van der Waals surface area contributed by atoms with Crippen molar-refractivity contribution in [2.75, 3.05) is 0 Å². The molecule has 2 aromatic heterocycles. The molecule has 0 spiro atoms. The fourth-order valence-electron chi connectivity index (χ4n) is 5.38. The number of fused-ring (bicyclic) bond motifs is 5. The van der Waals surface area contributed by atoms with Crippen molar-refractivity contribution in [3.63, 3.8) is 0 Å². The summed E-state index contributed by atoms with van der Waals surface area (Å²) in [5, 5.41) is 2.29. The van der Waals surface area contributed by atoms with E-state index in [0.29, 0.717) is 5.41 Å². The molecule has 0 amide bonds. The van der Waals surface area contributed by atoms with Gasteiger partial charge in [-0.3, -0.25) is 0 Å². The molecule has 2 aliphatic carbocycles. The first-order valence-electron chi connectivity index (χ1n) is 9.61. The van der Waals surface area contributed by atoms with Crippen molar-refractivity contribution in [1.82, 2.24) is 4.98 Å². The summed E-state index contributed by atoms with van der Waals surface area (Å²) in [6.07, 6.45) is 8.78. The van der Waals surface area contributed by atoms with Gasteiger partial charge in [0.2, 0.25) is 0 Å². The first-order chi connectivity index (χ1) is 12.8. The van der Waals surface area contributed by atoms with E-state index in [0.717, 1.165) is 39.1 Å². The molecule has 0 saturated heterocycles. The van der Waals surface area contributed by atoms with Crippen molar-refractivity contribution in [2.45, 2.75) is 37.5 Å². The third-order valence-electron chi connectivity index (χ3n) is 6.71. The van der Waals surface area contributed by atoms with Gasteiger partial charge in [-0.05, 0) is 66.8 Å². The summed E-state index contributed by atoms with van der Waals surface area (Å²) in [7, 11) is 0. The Labute approximate surface area is 172 Å². The molecule has 2 saturated carbocycles. The van der Waals surface area contributed by atoms with E-state index in [4.69, 9.17) is 4.42 Å². The Morgan fingerprint density at radius 2 is 1.89 bits per heavy atom. The molecule has 2 fully saturated rings. The smallest absolute Gasteiger partial charge is 0.120 e. The Hall–Kier alpha value is -1.96. The standard InChI is InChI=1S/C24H20NO.Ir/c1-2-7-22-18(4-1)19-5-3-6-20(23(19)26-22)21-14-17(10-13-25-21)24-11-8-16(15-24)9-12-24;/h1-5,7,10,13-14,16H,8-9,11-12,15H2;/q-1;. The van der Waals surface area contributed by atoms with Crippen molar-refractivity contribution in [3.8, 4) is 11.3 Å². The first kappa shape index (κ1) is 17.2. The minimum atomic E-state index is 0. The van der Waals surface area contributed by atoms with E-state index in [2.05, 4.69) is 41.4 Å². The Kier molecular flexibility index (Phi) is 4.00. The van der Waals surface area contributed by atoms with Gasteiger partial charge < -0.3 is 9.40 Å². The van der Waals surface area contributed by atoms with Crippen molar-refractivity contribution < 1.29 is 24.5 Å². The fraction of sp³-hybridized carbons (Fsp3) is 0.292. The van der Waals surface area contributed by atoms with E-state index in [-0.39, 0.29) is 20.1 Å². The van der Waals surface area contributed by atoms with Crippen LogP contribution in [0.3, 0.4) is 0 Å². The van der Waals surface area contributed by atoms with Crippen molar-refractivity contribution in [2.24, 2.45) is 5.92 Å². The van der Waals surface area contributed by atoms with Gasteiger partial charge in [0.25, 0.3) is 0 Å². The van der Waals surface area contributed by atoms with Crippen LogP contribution in [-0.2, 0) is 25.5 Å². The number of hydrogen-bond acceptors (Lipinski definition) is 2. The van der Waals surface area contributed by atoms with Crippen LogP contribution < -0.4 is 0 Å². The first-order valence-corrected chi connectivity index (χ1v) is 9.61. The van der Waals surface area contributed by atoms with Gasteiger partial charge >= 0.3 is 0 Å². The van der Waals surface area contributed by atoms with Gasteiger partial charge in [-0.15, -0.1) is 18.2 Å². The summed E-state index contributed by atoms with van der Waals surface area (Å²) >= 11 is 0. The quantitative estimate of drug-likeness (QED) is 0.285. The van der Waals surface area contributed by atoms with Crippen LogP contribution in [0.1, 0.15) is 37.7 Å². The second-order valence-corrected chi connectivity index (χ2v) is 8.05. The molecule has 2 heterocycles. The number of pyridine rings is 1. The average Bonchev–Trinajstić information content (AvgIpc) is 3.41. The molecule has 2 bridgehead atoms. The molecule has 2 nitrogen and oxygen atoms in total. The Balaban J connectivity index is 0.00000160. The number of furan rings is 1. The molecule has 4 aromatic rings. The number of hydrogen-bond donors (Lipinski definition) is 0. The number of aromatic nitrogens is 1. The van der Waals surface area contributed by atoms with Gasteiger partial charge in [0.05, 0.1) is 5.58 Å². The topological polar surface area (TPSA) is 26.0 Å². The second kappa shape index (κ2) is 6.29.